The molecule has 2 heterocycles. The molecule has 12 heteroatoms. The number of nitrogens with zero attached hydrogens (tertiary/aromatic N) is 3. The van der Waals surface area contributed by atoms with Gasteiger partial charge in [-0.2, -0.15) is 0 Å². The van der Waals surface area contributed by atoms with Crippen molar-refractivity contribution in [2.45, 2.75) is 4.90 Å². The van der Waals surface area contributed by atoms with Gasteiger partial charge in [-0.15, -0.1) is 0 Å². The third-order valence-corrected chi connectivity index (χ3v) is 6.76. The van der Waals surface area contributed by atoms with Gasteiger partial charge in [0.25, 0.3) is 15.7 Å². The predicted molar refractivity (Wildman–Crippen MR) is 115 cm³/mol. The van der Waals surface area contributed by atoms with E-state index >= 15 is 0 Å². The first kappa shape index (κ1) is 21.1. The summed E-state index contributed by atoms with van der Waals surface area (Å²) < 4.78 is 61.4. The molecule has 0 aliphatic carbocycles. The smallest absolute Gasteiger partial charge is 0.275 e. The molecule has 0 saturated carbocycles. The van der Waals surface area contributed by atoms with Gasteiger partial charge in [0.2, 0.25) is 0 Å². The Hall–Kier alpha value is -3.13. The summed E-state index contributed by atoms with van der Waals surface area (Å²) in [5.41, 5.74) is -0.773. The van der Waals surface area contributed by atoms with Gasteiger partial charge in [-0.3, -0.25) is 10.1 Å². The fourth-order valence-corrected chi connectivity index (χ4v) is 5.20. The summed E-state index contributed by atoms with van der Waals surface area (Å²) in [6, 6.07) is 10.1. The van der Waals surface area contributed by atoms with Gasteiger partial charge in [-0.25, -0.2) is 26.2 Å². The largest absolute Gasteiger partial charge is 0.450 e. The van der Waals surface area contributed by atoms with E-state index in [4.69, 9.17) is 4.74 Å². The van der Waals surface area contributed by atoms with Gasteiger partial charge in [0, 0.05) is 16.0 Å². The van der Waals surface area contributed by atoms with Crippen LogP contribution < -0.4 is 4.74 Å². The number of benzene rings is 2. The highest BCUT2D eigenvalue weighted by Gasteiger charge is 2.25. The van der Waals surface area contributed by atoms with Crippen LogP contribution in [-0.4, -0.2) is 22.3 Å². The standard InChI is InChI=1S/C19H10F2IN3O5S/c20-13-8-11(25(26)27)9-14(21)18(13)30-16-6-7-23-19-17(16)15(22)10-24(19)31(28,29)12-4-2-1-3-5-12/h1-10H. The van der Waals surface area contributed by atoms with Gasteiger partial charge < -0.3 is 4.74 Å². The summed E-state index contributed by atoms with van der Waals surface area (Å²) >= 11 is 1.86. The molecule has 0 amide bonds. The van der Waals surface area contributed by atoms with Gasteiger partial charge >= 0.3 is 0 Å². The highest BCUT2D eigenvalue weighted by molar-refractivity contribution is 14.1. The minimum Gasteiger partial charge on any atom is -0.450 e. The van der Waals surface area contributed by atoms with E-state index in [1.165, 1.54) is 30.6 Å². The molecule has 0 saturated heterocycles. The Labute approximate surface area is 187 Å². The van der Waals surface area contributed by atoms with Crippen LogP contribution in [0.3, 0.4) is 0 Å². The van der Waals surface area contributed by atoms with Crippen LogP contribution in [0.15, 0.2) is 65.8 Å². The van der Waals surface area contributed by atoms with Crippen molar-refractivity contribution < 1.29 is 26.9 Å². The third-order valence-electron chi connectivity index (χ3n) is 4.28. The van der Waals surface area contributed by atoms with Crippen LogP contribution in [0.25, 0.3) is 11.0 Å². The van der Waals surface area contributed by atoms with Crippen molar-refractivity contribution in [3.63, 3.8) is 0 Å². The monoisotopic (exact) mass is 557 g/mol. The van der Waals surface area contributed by atoms with Crippen LogP contribution in [-0.2, 0) is 10.0 Å². The Kier molecular flexibility index (Phi) is 5.35. The molecule has 4 aromatic rings. The molecule has 0 unspecified atom stereocenters. The third kappa shape index (κ3) is 3.72. The number of non-ortho nitro benzene ring substituents is 1. The molecule has 2 aromatic heterocycles. The molecular formula is C19H10F2IN3O5S. The maximum absolute atomic E-state index is 14.3. The molecule has 0 aliphatic rings. The minimum atomic E-state index is -4.00. The van der Waals surface area contributed by atoms with E-state index in [9.17, 15) is 27.3 Å². The fourth-order valence-electron chi connectivity index (χ4n) is 2.89. The minimum absolute atomic E-state index is 0.00604. The number of hydrogen-bond donors (Lipinski definition) is 0. The van der Waals surface area contributed by atoms with Crippen LogP contribution in [0.2, 0.25) is 0 Å². The number of pyridine rings is 1. The number of nitro groups is 1. The van der Waals surface area contributed by atoms with Crippen molar-refractivity contribution in [2.24, 2.45) is 0 Å². The number of nitro benzene ring substituents is 1. The molecule has 8 nitrogen and oxygen atoms in total. The summed E-state index contributed by atoms with van der Waals surface area (Å²) in [5.74, 6) is -3.47. The number of hydrogen-bond acceptors (Lipinski definition) is 6. The topological polar surface area (TPSA) is 104 Å². The molecule has 0 bridgehead atoms. The van der Waals surface area contributed by atoms with E-state index in [-0.39, 0.29) is 21.7 Å². The predicted octanol–water partition coefficient (Wildman–Crippen LogP) is 4.86. The average molecular weight is 557 g/mol. The first-order valence-corrected chi connectivity index (χ1v) is 11.0. The lowest BCUT2D eigenvalue weighted by molar-refractivity contribution is -0.385. The molecule has 0 radical (unpaired) electrons. The van der Waals surface area contributed by atoms with Crippen LogP contribution >= 0.6 is 22.6 Å². The van der Waals surface area contributed by atoms with E-state index in [0.29, 0.717) is 15.7 Å². The summed E-state index contributed by atoms with van der Waals surface area (Å²) in [7, 11) is -4.00. The van der Waals surface area contributed by atoms with Crippen LogP contribution in [0.5, 0.6) is 11.5 Å². The lowest BCUT2D eigenvalue weighted by Crippen LogP contribution is -2.12. The Bertz CT molecular complexity index is 1420. The number of fused-ring (bicyclic) bond motifs is 1. The van der Waals surface area contributed by atoms with Crippen molar-refractivity contribution >= 4 is 49.3 Å². The summed E-state index contributed by atoms with van der Waals surface area (Å²) in [6.45, 7) is 0. The summed E-state index contributed by atoms with van der Waals surface area (Å²) in [4.78, 5) is 14.0. The number of ether oxygens (including phenoxy) is 1. The van der Waals surface area contributed by atoms with Crippen molar-refractivity contribution in [1.82, 2.24) is 8.96 Å². The van der Waals surface area contributed by atoms with Crippen LogP contribution in [0.4, 0.5) is 14.5 Å². The number of halogens is 3. The van der Waals surface area contributed by atoms with E-state index < -0.39 is 38.0 Å². The van der Waals surface area contributed by atoms with E-state index in [1.54, 1.807) is 18.2 Å². The second kappa shape index (κ2) is 7.85. The van der Waals surface area contributed by atoms with Crippen LogP contribution in [0, 0.1) is 25.3 Å². The Morgan fingerprint density at radius 2 is 1.74 bits per heavy atom. The zero-order valence-corrected chi connectivity index (χ0v) is 18.2. The highest BCUT2D eigenvalue weighted by Crippen LogP contribution is 2.37. The first-order chi connectivity index (χ1) is 14.7. The van der Waals surface area contributed by atoms with Crippen molar-refractivity contribution in [3.05, 3.63) is 86.2 Å². The summed E-state index contributed by atoms with van der Waals surface area (Å²) in [6.07, 6.45) is 2.54. The molecule has 0 spiro atoms. The zero-order valence-electron chi connectivity index (χ0n) is 15.2. The molecule has 31 heavy (non-hydrogen) atoms. The second-order valence-corrected chi connectivity index (χ2v) is 9.17. The first-order valence-electron chi connectivity index (χ1n) is 8.47. The lowest BCUT2D eigenvalue weighted by Gasteiger charge is -2.10. The molecule has 0 fully saturated rings. The molecular weight excluding hydrogens is 547 g/mol. The van der Waals surface area contributed by atoms with Gasteiger partial charge in [0.1, 0.15) is 5.75 Å². The van der Waals surface area contributed by atoms with E-state index in [0.717, 1.165) is 3.97 Å². The maximum atomic E-state index is 14.3. The Balaban J connectivity index is 1.85. The van der Waals surface area contributed by atoms with E-state index in [1.807, 2.05) is 22.6 Å². The fraction of sp³-hybridized carbons (Fsp3) is 0. The zero-order chi connectivity index (χ0) is 22.3. The molecule has 4 rings (SSSR count). The molecule has 0 atom stereocenters. The molecule has 158 valence electrons. The van der Waals surface area contributed by atoms with Gasteiger partial charge in [-0.05, 0) is 40.8 Å². The second-order valence-electron chi connectivity index (χ2n) is 6.20. The van der Waals surface area contributed by atoms with Crippen LogP contribution in [0.1, 0.15) is 0 Å². The quantitative estimate of drug-likeness (QED) is 0.197. The summed E-state index contributed by atoms with van der Waals surface area (Å²) in [5, 5.41) is 11.0. The highest BCUT2D eigenvalue weighted by atomic mass is 127. The average Bonchev–Trinajstić information content (AvgIpc) is 3.09. The van der Waals surface area contributed by atoms with Crippen molar-refractivity contribution in [1.29, 1.82) is 0 Å². The Morgan fingerprint density at radius 3 is 2.35 bits per heavy atom. The Morgan fingerprint density at radius 1 is 1.10 bits per heavy atom. The van der Waals surface area contributed by atoms with Crippen molar-refractivity contribution in [2.75, 3.05) is 0 Å². The SMILES string of the molecule is O=[N+]([O-])c1cc(F)c(Oc2ccnc3c2c(I)cn3S(=O)(=O)c2ccccc2)c(F)c1. The van der Waals surface area contributed by atoms with Gasteiger partial charge in [0.15, 0.2) is 23.0 Å². The van der Waals surface area contributed by atoms with E-state index in [2.05, 4.69) is 4.98 Å². The normalized spacial score (nSPS) is 11.6. The lowest BCUT2D eigenvalue weighted by atomic mass is 10.2. The van der Waals surface area contributed by atoms with Crippen molar-refractivity contribution in [3.8, 4) is 11.5 Å². The maximum Gasteiger partial charge on any atom is 0.275 e. The molecule has 2 aromatic carbocycles. The number of rotatable bonds is 5. The molecule has 0 aliphatic heterocycles. The van der Waals surface area contributed by atoms with Gasteiger partial charge in [-0.1, -0.05) is 18.2 Å². The molecule has 0 N–H and O–H groups in total. The van der Waals surface area contributed by atoms with Gasteiger partial charge in [0.05, 0.1) is 27.3 Å². The number of aromatic nitrogens is 2.